The maximum Gasteiger partial charge on any atom is 0.335 e. The summed E-state index contributed by atoms with van der Waals surface area (Å²) in [5, 5.41) is 9.56. The van der Waals surface area contributed by atoms with E-state index in [0.29, 0.717) is 5.65 Å². The van der Waals surface area contributed by atoms with Gasteiger partial charge in [-0.3, -0.25) is 9.20 Å². The lowest BCUT2D eigenvalue weighted by Crippen LogP contribution is -2.29. The number of hydrogen-bond acceptors (Lipinski definition) is 5. The summed E-state index contributed by atoms with van der Waals surface area (Å²) in [6, 6.07) is 3.57. The average Bonchev–Trinajstić information content (AvgIpc) is 2.40. The van der Waals surface area contributed by atoms with E-state index in [1.807, 2.05) is 6.92 Å². The fourth-order valence-corrected chi connectivity index (χ4v) is 1.78. The third-order valence-electron chi connectivity index (χ3n) is 2.82. The second-order valence-electron chi connectivity index (χ2n) is 4.26. The van der Waals surface area contributed by atoms with Crippen LogP contribution >= 0.6 is 0 Å². The molecule has 0 bridgehead atoms. The van der Waals surface area contributed by atoms with Gasteiger partial charge in [-0.05, 0) is 24.6 Å². The number of methoxy groups -OCH3 is 1. The van der Waals surface area contributed by atoms with Crippen molar-refractivity contribution >= 4 is 11.6 Å². The second-order valence-corrected chi connectivity index (χ2v) is 4.26. The van der Waals surface area contributed by atoms with Gasteiger partial charge in [-0.25, -0.2) is 9.78 Å². The Kier molecular flexibility index (Phi) is 3.62. The maximum atomic E-state index is 12.1. The quantitative estimate of drug-likeness (QED) is 0.792. The van der Waals surface area contributed by atoms with Gasteiger partial charge in [0.05, 0.1) is 7.11 Å². The molecule has 6 heteroatoms. The van der Waals surface area contributed by atoms with E-state index in [-0.39, 0.29) is 17.5 Å². The lowest BCUT2D eigenvalue weighted by Gasteiger charge is -2.08. The minimum atomic E-state index is -1.36. The Hall–Kier alpha value is -2.21. The molecular formula is C13H14N2O4. The van der Waals surface area contributed by atoms with E-state index in [1.165, 1.54) is 17.7 Å². The molecule has 2 rings (SSSR count). The van der Waals surface area contributed by atoms with Crippen molar-refractivity contribution in [1.82, 2.24) is 9.38 Å². The SMILES string of the molecule is COC(=O)C(O)Cc1cnc2cc(C)ccn2c1=O. The zero-order valence-electron chi connectivity index (χ0n) is 10.7. The highest BCUT2D eigenvalue weighted by Gasteiger charge is 2.18. The average molecular weight is 262 g/mol. The van der Waals surface area contributed by atoms with Crippen molar-refractivity contribution in [3.05, 3.63) is 46.0 Å². The van der Waals surface area contributed by atoms with Crippen LogP contribution in [0.15, 0.2) is 29.3 Å². The summed E-state index contributed by atoms with van der Waals surface area (Å²) in [5.41, 5.74) is 1.49. The van der Waals surface area contributed by atoms with E-state index in [1.54, 1.807) is 18.3 Å². The first-order valence-corrected chi connectivity index (χ1v) is 5.75. The van der Waals surface area contributed by atoms with Gasteiger partial charge >= 0.3 is 5.97 Å². The lowest BCUT2D eigenvalue weighted by molar-refractivity contribution is -0.150. The summed E-state index contributed by atoms with van der Waals surface area (Å²) in [7, 11) is 1.18. The summed E-state index contributed by atoms with van der Waals surface area (Å²) >= 11 is 0. The molecule has 2 aromatic rings. The van der Waals surface area contributed by atoms with E-state index in [2.05, 4.69) is 9.72 Å². The summed E-state index contributed by atoms with van der Waals surface area (Å²) < 4.78 is 5.79. The molecule has 0 amide bonds. The van der Waals surface area contributed by atoms with Gasteiger partial charge in [0.25, 0.3) is 5.56 Å². The standard InChI is InChI=1S/C13H14N2O4/c1-8-3-4-15-11(5-8)14-7-9(12(15)17)6-10(16)13(18)19-2/h3-5,7,10,16H,6H2,1-2H3. The zero-order valence-corrected chi connectivity index (χ0v) is 10.7. The molecule has 2 heterocycles. The number of aromatic nitrogens is 2. The molecule has 6 nitrogen and oxygen atoms in total. The van der Waals surface area contributed by atoms with Gasteiger partial charge in [-0.2, -0.15) is 0 Å². The lowest BCUT2D eigenvalue weighted by atomic mass is 10.1. The van der Waals surface area contributed by atoms with Crippen molar-refractivity contribution in [2.45, 2.75) is 19.4 Å². The topological polar surface area (TPSA) is 80.9 Å². The molecule has 100 valence electrons. The Morgan fingerprint density at radius 1 is 1.58 bits per heavy atom. The van der Waals surface area contributed by atoms with Crippen LogP contribution in [0.4, 0.5) is 0 Å². The van der Waals surface area contributed by atoms with Crippen molar-refractivity contribution < 1.29 is 14.6 Å². The van der Waals surface area contributed by atoms with Gasteiger partial charge in [0.2, 0.25) is 0 Å². The van der Waals surface area contributed by atoms with Gasteiger partial charge in [0.1, 0.15) is 5.65 Å². The molecule has 0 aliphatic carbocycles. The highest BCUT2D eigenvalue weighted by Crippen LogP contribution is 2.04. The first-order chi connectivity index (χ1) is 9.02. The van der Waals surface area contributed by atoms with Crippen LogP contribution in [0.1, 0.15) is 11.1 Å². The molecule has 0 fully saturated rings. The van der Waals surface area contributed by atoms with Crippen LogP contribution in [-0.2, 0) is 16.0 Å². The van der Waals surface area contributed by atoms with E-state index in [0.717, 1.165) is 5.56 Å². The molecule has 1 atom stereocenters. The Morgan fingerprint density at radius 3 is 3.00 bits per heavy atom. The molecule has 0 radical (unpaired) electrons. The number of rotatable bonds is 3. The zero-order chi connectivity index (χ0) is 14.0. The fourth-order valence-electron chi connectivity index (χ4n) is 1.78. The smallest absolute Gasteiger partial charge is 0.335 e. The Morgan fingerprint density at radius 2 is 2.32 bits per heavy atom. The minimum absolute atomic E-state index is 0.116. The largest absolute Gasteiger partial charge is 0.467 e. The molecule has 2 aromatic heterocycles. The Balaban J connectivity index is 2.41. The van der Waals surface area contributed by atoms with Crippen molar-refractivity contribution in [2.75, 3.05) is 7.11 Å². The van der Waals surface area contributed by atoms with Gasteiger partial charge in [0, 0.05) is 24.4 Å². The normalized spacial score (nSPS) is 12.4. The van der Waals surface area contributed by atoms with E-state index < -0.39 is 12.1 Å². The monoisotopic (exact) mass is 262 g/mol. The fraction of sp³-hybridized carbons (Fsp3) is 0.308. The number of nitrogens with zero attached hydrogens (tertiary/aromatic N) is 2. The molecule has 0 aliphatic rings. The summed E-state index contributed by atoms with van der Waals surface area (Å²) in [4.78, 5) is 27.4. The Labute approximate surface area is 109 Å². The molecular weight excluding hydrogens is 248 g/mol. The molecule has 0 spiro atoms. The minimum Gasteiger partial charge on any atom is -0.467 e. The number of fused-ring (bicyclic) bond motifs is 1. The number of carbonyl (C=O) groups is 1. The number of hydrogen-bond donors (Lipinski definition) is 1. The summed E-state index contributed by atoms with van der Waals surface area (Å²) in [6.07, 6.45) is 1.52. The predicted molar refractivity (Wildman–Crippen MR) is 67.9 cm³/mol. The van der Waals surface area contributed by atoms with Gasteiger partial charge in [0.15, 0.2) is 6.10 Å². The highest BCUT2D eigenvalue weighted by atomic mass is 16.5. The molecule has 0 saturated heterocycles. The van der Waals surface area contributed by atoms with Crippen LogP contribution in [0.2, 0.25) is 0 Å². The van der Waals surface area contributed by atoms with Crippen LogP contribution < -0.4 is 5.56 Å². The number of carbonyl (C=O) groups excluding carboxylic acids is 1. The van der Waals surface area contributed by atoms with Crippen LogP contribution in [-0.4, -0.2) is 33.7 Å². The Bertz CT molecular complexity index is 678. The molecule has 0 aliphatic heterocycles. The number of aliphatic hydroxyl groups excluding tert-OH is 1. The van der Waals surface area contributed by atoms with Crippen LogP contribution in [0.5, 0.6) is 0 Å². The number of ether oxygens (including phenoxy) is 1. The summed E-state index contributed by atoms with van der Waals surface area (Å²) in [5.74, 6) is -0.770. The van der Waals surface area contributed by atoms with E-state index >= 15 is 0 Å². The molecule has 1 N–H and O–H groups in total. The van der Waals surface area contributed by atoms with Gasteiger partial charge in [-0.1, -0.05) is 0 Å². The maximum absolute atomic E-state index is 12.1. The second kappa shape index (κ2) is 5.19. The molecule has 19 heavy (non-hydrogen) atoms. The number of esters is 1. The third kappa shape index (κ3) is 2.63. The first-order valence-electron chi connectivity index (χ1n) is 5.75. The molecule has 0 aromatic carbocycles. The molecule has 0 saturated carbocycles. The first kappa shape index (κ1) is 13.2. The van der Waals surface area contributed by atoms with E-state index in [4.69, 9.17) is 0 Å². The van der Waals surface area contributed by atoms with Crippen LogP contribution in [0, 0.1) is 6.92 Å². The summed E-state index contributed by atoms with van der Waals surface area (Å²) in [6.45, 7) is 1.90. The molecule has 1 unspecified atom stereocenters. The van der Waals surface area contributed by atoms with Gasteiger partial charge < -0.3 is 9.84 Å². The number of pyridine rings is 1. The predicted octanol–water partition coefficient (Wildman–Crippen LogP) is 0.0793. The van der Waals surface area contributed by atoms with Crippen LogP contribution in [0.25, 0.3) is 5.65 Å². The van der Waals surface area contributed by atoms with Crippen molar-refractivity contribution in [2.24, 2.45) is 0 Å². The number of aliphatic hydroxyl groups is 1. The third-order valence-corrected chi connectivity index (χ3v) is 2.82. The van der Waals surface area contributed by atoms with E-state index in [9.17, 15) is 14.7 Å². The van der Waals surface area contributed by atoms with Gasteiger partial charge in [-0.15, -0.1) is 0 Å². The van der Waals surface area contributed by atoms with Crippen molar-refractivity contribution in [1.29, 1.82) is 0 Å². The number of aryl methyl sites for hydroxylation is 1. The van der Waals surface area contributed by atoms with Crippen LogP contribution in [0.3, 0.4) is 0 Å². The van der Waals surface area contributed by atoms with Crippen molar-refractivity contribution in [3.63, 3.8) is 0 Å². The highest BCUT2D eigenvalue weighted by molar-refractivity contribution is 5.74. The van der Waals surface area contributed by atoms with Crippen molar-refractivity contribution in [3.8, 4) is 0 Å².